The summed E-state index contributed by atoms with van der Waals surface area (Å²) in [5.41, 5.74) is 1.15. The fourth-order valence-electron chi connectivity index (χ4n) is 1.59. The Bertz CT molecular complexity index is 675. The van der Waals surface area contributed by atoms with E-state index in [0.717, 1.165) is 0 Å². The van der Waals surface area contributed by atoms with E-state index < -0.39 is 5.97 Å². The molecule has 0 aromatic heterocycles. The van der Waals surface area contributed by atoms with Gasteiger partial charge in [-0.3, -0.25) is 4.79 Å². The van der Waals surface area contributed by atoms with Crippen LogP contribution in [0.25, 0.3) is 0 Å². The van der Waals surface area contributed by atoms with Gasteiger partial charge in [-0.05, 0) is 42.0 Å². The molecule has 0 amide bonds. The third-order valence-electron chi connectivity index (χ3n) is 2.57. The Balaban J connectivity index is 2.03. The Morgan fingerprint density at radius 2 is 1.85 bits per heavy atom. The van der Waals surface area contributed by atoms with Crippen LogP contribution in [0.2, 0.25) is 10.0 Å². The fourth-order valence-corrected chi connectivity index (χ4v) is 2.06. The molecule has 0 atom stereocenters. The molecule has 5 heteroatoms. The van der Waals surface area contributed by atoms with Crippen molar-refractivity contribution in [1.82, 2.24) is 0 Å². The van der Waals surface area contributed by atoms with Crippen molar-refractivity contribution in [2.75, 3.05) is 0 Å². The summed E-state index contributed by atoms with van der Waals surface area (Å²) in [4.78, 5) is 11.8. The van der Waals surface area contributed by atoms with Crippen LogP contribution in [0, 0.1) is 11.3 Å². The number of hydrogen-bond donors (Lipinski definition) is 0. The number of carbonyl (C=O) groups excluding carboxylic acids is 1. The predicted molar refractivity (Wildman–Crippen MR) is 77.0 cm³/mol. The van der Waals surface area contributed by atoms with E-state index in [1.165, 1.54) is 0 Å². The van der Waals surface area contributed by atoms with Crippen molar-refractivity contribution in [3.63, 3.8) is 0 Å². The fraction of sp³-hybridized carbons (Fsp3) is 0.0667. The minimum Gasteiger partial charge on any atom is -0.426 e. The number of carbonyl (C=O) groups is 1. The summed E-state index contributed by atoms with van der Waals surface area (Å²) in [6, 6.07) is 13.2. The Morgan fingerprint density at radius 1 is 1.15 bits per heavy atom. The molecular formula is C15H9Cl2NO2. The van der Waals surface area contributed by atoms with E-state index in [9.17, 15) is 4.79 Å². The van der Waals surface area contributed by atoms with Crippen molar-refractivity contribution >= 4 is 29.2 Å². The minimum atomic E-state index is -0.432. The molecule has 2 aromatic carbocycles. The Kier molecular flexibility index (Phi) is 4.62. The maximum absolute atomic E-state index is 11.8. The van der Waals surface area contributed by atoms with Crippen LogP contribution < -0.4 is 4.74 Å². The number of halogens is 2. The second kappa shape index (κ2) is 6.42. The first-order valence-electron chi connectivity index (χ1n) is 5.73. The van der Waals surface area contributed by atoms with E-state index >= 15 is 0 Å². The molecule has 2 rings (SSSR count). The summed E-state index contributed by atoms with van der Waals surface area (Å²) in [7, 11) is 0. The van der Waals surface area contributed by atoms with Gasteiger partial charge in [0.1, 0.15) is 5.75 Å². The lowest BCUT2D eigenvalue weighted by Gasteiger charge is -2.06. The van der Waals surface area contributed by atoms with Crippen LogP contribution in [0.15, 0.2) is 42.5 Å². The zero-order valence-corrected chi connectivity index (χ0v) is 11.8. The molecule has 20 heavy (non-hydrogen) atoms. The van der Waals surface area contributed by atoms with Crippen molar-refractivity contribution in [1.29, 1.82) is 5.26 Å². The molecule has 2 aromatic rings. The zero-order valence-electron chi connectivity index (χ0n) is 10.3. The van der Waals surface area contributed by atoms with Crippen molar-refractivity contribution in [2.24, 2.45) is 0 Å². The number of esters is 1. The van der Waals surface area contributed by atoms with Crippen LogP contribution in [0.5, 0.6) is 5.75 Å². The number of hydrogen-bond acceptors (Lipinski definition) is 3. The van der Waals surface area contributed by atoms with E-state index in [4.69, 9.17) is 33.2 Å². The number of nitriles is 1. The van der Waals surface area contributed by atoms with Crippen LogP contribution in [0.1, 0.15) is 11.1 Å². The van der Waals surface area contributed by atoms with E-state index in [1.807, 2.05) is 6.07 Å². The standard InChI is InChI=1S/C15H9Cl2NO2/c16-12-4-3-11(14(17)8-12)7-15(19)20-13-5-1-10(9-18)2-6-13/h1-6,8H,7H2. The highest BCUT2D eigenvalue weighted by molar-refractivity contribution is 6.35. The van der Waals surface area contributed by atoms with Gasteiger partial charge >= 0.3 is 5.97 Å². The molecule has 0 saturated heterocycles. The second-order valence-corrected chi connectivity index (χ2v) is 4.87. The van der Waals surface area contributed by atoms with E-state index in [-0.39, 0.29) is 6.42 Å². The lowest BCUT2D eigenvalue weighted by atomic mass is 10.1. The van der Waals surface area contributed by atoms with Gasteiger partial charge in [-0.1, -0.05) is 29.3 Å². The molecule has 0 aliphatic carbocycles. The van der Waals surface area contributed by atoms with Gasteiger partial charge in [-0.15, -0.1) is 0 Å². The predicted octanol–water partition coefficient (Wildman–Crippen LogP) is 4.01. The summed E-state index contributed by atoms with van der Waals surface area (Å²) >= 11 is 11.8. The average molecular weight is 306 g/mol. The smallest absolute Gasteiger partial charge is 0.315 e. The van der Waals surface area contributed by atoms with Gasteiger partial charge in [-0.2, -0.15) is 5.26 Å². The van der Waals surface area contributed by atoms with Crippen LogP contribution in [0.4, 0.5) is 0 Å². The Labute approximate surface area is 126 Å². The molecule has 0 aliphatic heterocycles. The molecule has 3 nitrogen and oxygen atoms in total. The van der Waals surface area contributed by atoms with Crippen molar-refractivity contribution < 1.29 is 9.53 Å². The molecule has 0 radical (unpaired) electrons. The molecule has 100 valence electrons. The van der Waals surface area contributed by atoms with E-state index in [0.29, 0.717) is 26.9 Å². The molecule has 0 unspecified atom stereocenters. The quantitative estimate of drug-likeness (QED) is 0.636. The molecule has 0 bridgehead atoms. The zero-order chi connectivity index (χ0) is 14.5. The first-order chi connectivity index (χ1) is 9.58. The summed E-state index contributed by atoms with van der Waals surface area (Å²) in [5.74, 6) is -0.0435. The average Bonchev–Trinajstić information content (AvgIpc) is 2.43. The molecule has 0 heterocycles. The van der Waals surface area contributed by atoms with Crippen LogP contribution in [-0.4, -0.2) is 5.97 Å². The van der Waals surface area contributed by atoms with Gasteiger partial charge in [0, 0.05) is 10.0 Å². The van der Waals surface area contributed by atoms with E-state index in [1.54, 1.807) is 42.5 Å². The summed E-state index contributed by atoms with van der Waals surface area (Å²) < 4.78 is 5.16. The van der Waals surface area contributed by atoms with Crippen LogP contribution in [0.3, 0.4) is 0 Å². The van der Waals surface area contributed by atoms with Gasteiger partial charge in [0.25, 0.3) is 0 Å². The van der Waals surface area contributed by atoms with Crippen molar-refractivity contribution in [3.05, 3.63) is 63.6 Å². The maximum Gasteiger partial charge on any atom is 0.315 e. The first kappa shape index (κ1) is 14.4. The summed E-state index contributed by atoms with van der Waals surface area (Å²) in [5, 5.41) is 9.61. The molecule has 0 aliphatic rings. The van der Waals surface area contributed by atoms with E-state index in [2.05, 4.69) is 0 Å². The highest BCUT2D eigenvalue weighted by atomic mass is 35.5. The minimum absolute atomic E-state index is 0.0516. The maximum atomic E-state index is 11.8. The largest absolute Gasteiger partial charge is 0.426 e. The highest BCUT2D eigenvalue weighted by Crippen LogP contribution is 2.22. The molecule has 0 spiro atoms. The highest BCUT2D eigenvalue weighted by Gasteiger charge is 2.10. The van der Waals surface area contributed by atoms with Crippen molar-refractivity contribution in [3.8, 4) is 11.8 Å². The normalized spacial score (nSPS) is 9.85. The number of rotatable bonds is 3. The number of nitrogens with zero attached hydrogens (tertiary/aromatic N) is 1. The van der Waals surface area contributed by atoms with Gasteiger partial charge in [-0.25, -0.2) is 0 Å². The van der Waals surface area contributed by atoms with Gasteiger partial charge < -0.3 is 4.74 Å². The molecule has 0 fully saturated rings. The molecular weight excluding hydrogens is 297 g/mol. The van der Waals surface area contributed by atoms with Gasteiger partial charge in [0.15, 0.2) is 0 Å². The third-order valence-corrected chi connectivity index (χ3v) is 3.15. The second-order valence-electron chi connectivity index (χ2n) is 4.02. The van der Waals surface area contributed by atoms with Crippen LogP contribution >= 0.6 is 23.2 Å². The first-order valence-corrected chi connectivity index (χ1v) is 6.49. The lowest BCUT2D eigenvalue weighted by molar-refractivity contribution is -0.133. The summed E-state index contributed by atoms with van der Waals surface area (Å²) in [6.07, 6.45) is 0.0516. The molecule has 0 N–H and O–H groups in total. The summed E-state index contributed by atoms with van der Waals surface area (Å²) in [6.45, 7) is 0. The van der Waals surface area contributed by atoms with Crippen LogP contribution in [-0.2, 0) is 11.2 Å². The lowest BCUT2D eigenvalue weighted by Crippen LogP contribution is -2.11. The van der Waals surface area contributed by atoms with Gasteiger partial charge in [0.2, 0.25) is 0 Å². The Morgan fingerprint density at radius 3 is 2.45 bits per heavy atom. The molecule has 0 saturated carbocycles. The SMILES string of the molecule is N#Cc1ccc(OC(=O)Cc2ccc(Cl)cc2Cl)cc1. The third kappa shape index (κ3) is 3.74. The monoisotopic (exact) mass is 305 g/mol. The van der Waals surface area contributed by atoms with Gasteiger partial charge in [0.05, 0.1) is 18.1 Å². The topological polar surface area (TPSA) is 50.1 Å². The Hall–Kier alpha value is -2.02. The number of benzene rings is 2. The number of ether oxygens (including phenoxy) is 1. The van der Waals surface area contributed by atoms with Crippen molar-refractivity contribution in [2.45, 2.75) is 6.42 Å².